The molecule has 3 aromatic heterocycles. The van der Waals surface area contributed by atoms with Gasteiger partial charge in [-0.15, -0.1) is 0 Å². The van der Waals surface area contributed by atoms with Gasteiger partial charge in [-0.1, -0.05) is 232 Å². The zero-order chi connectivity index (χ0) is 55.4. The summed E-state index contributed by atoms with van der Waals surface area (Å²) in [7, 11) is 0. The van der Waals surface area contributed by atoms with E-state index in [1.54, 1.807) is 0 Å². The third-order valence-corrected chi connectivity index (χ3v) is 16.5. The third kappa shape index (κ3) is 9.51. The lowest BCUT2D eigenvalue weighted by molar-refractivity contribution is -0.611. The van der Waals surface area contributed by atoms with Gasteiger partial charge in [0, 0.05) is 39.3 Å². The van der Waals surface area contributed by atoms with Crippen LogP contribution in [0.3, 0.4) is 0 Å². The van der Waals surface area contributed by atoms with E-state index in [0.29, 0.717) is 5.75 Å². The lowest BCUT2D eigenvalue weighted by atomic mass is 9.73. The summed E-state index contributed by atoms with van der Waals surface area (Å²) in [6, 6.07) is 87.2. The van der Waals surface area contributed by atoms with Gasteiger partial charge in [-0.05, 0) is 122 Å². The largest absolute Gasteiger partial charge is 0.458 e. The molecule has 0 N–H and O–H groups in total. The zero-order valence-corrected chi connectivity index (χ0v) is 47.4. The smallest absolute Gasteiger partial charge is 0.269 e. The van der Waals surface area contributed by atoms with E-state index >= 15 is 0 Å². The van der Waals surface area contributed by atoms with Crippen molar-refractivity contribution in [3.05, 3.63) is 294 Å². The molecule has 0 radical (unpaired) electrons. The molecule has 394 valence electrons. The van der Waals surface area contributed by atoms with Crippen molar-refractivity contribution < 1.29 is 9.30 Å². The van der Waals surface area contributed by atoms with E-state index in [-0.39, 0.29) is 10.8 Å². The van der Waals surface area contributed by atoms with E-state index in [9.17, 15) is 0 Å². The molecule has 12 rings (SSSR count). The van der Waals surface area contributed by atoms with Crippen molar-refractivity contribution in [2.45, 2.75) is 84.0 Å². The number of ether oxygens (including phenoxy) is 1. The lowest BCUT2D eigenvalue weighted by Gasteiger charge is -2.35. The fraction of sp³-hybridized carbons (Fsp3) is 0.173. The van der Waals surface area contributed by atoms with Crippen LogP contribution in [-0.2, 0) is 21.7 Å². The average molecular weight is 1040 g/mol. The van der Waals surface area contributed by atoms with Gasteiger partial charge in [-0.25, -0.2) is 4.98 Å². The molecule has 0 spiro atoms. The predicted molar refractivity (Wildman–Crippen MR) is 330 cm³/mol. The maximum absolute atomic E-state index is 7.07. The average Bonchev–Trinajstić information content (AvgIpc) is 4.15. The van der Waals surface area contributed by atoms with Crippen molar-refractivity contribution in [3.8, 4) is 50.9 Å². The standard InChI is InChI=1S/C75H68N4O/c1-72(2,3)59-42-43-76-69(48-59)79-67-41-38-54(52-26-15-10-16-27-52)46-66(67)65-40-39-64(50-68(65)79)80-63-37-25-36-61(49-63)77-51-78(71(75(8,9)58-34-23-14-24-35-58)70(77)74(6,7)57-32-21-13-22-33-57)62-45-55(53-28-17-11-18-29-53)44-60(47-62)73(4,5)56-30-19-12-20-31-56/h10-50H,1-9H3. The van der Waals surface area contributed by atoms with E-state index in [0.717, 1.165) is 67.3 Å². The Kier molecular flexibility index (Phi) is 13.1. The zero-order valence-electron chi connectivity index (χ0n) is 47.4. The Hall–Kier alpha value is -9.06. The van der Waals surface area contributed by atoms with Gasteiger partial charge >= 0.3 is 0 Å². The molecular formula is C75H68N4O. The molecule has 0 aliphatic heterocycles. The molecular weight excluding hydrogens is 973 g/mol. The quantitative estimate of drug-likeness (QED) is 0.0852. The number of nitrogens with zero attached hydrogens (tertiary/aromatic N) is 4. The van der Waals surface area contributed by atoms with Gasteiger partial charge in [-0.3, -0.25) is 13.7 Å². The molecule has 5 nitrogen and oxygen atoms in total. The number of rotatable bonds is 13. The number of imidazole rings is 1. The Morgan fingerprint density at radius 3 is 1.60 bits per heavy atom. The maximum atomic E-state index is 7.07. The van der Waals surface area contributed by atoms with Gasteiger partial charge in [-0.2, -0.15) is 0 Å². The number of benzene rings is 9. The first kappa shape index (κ1) is 51.7. The minimum atomic E-state index is -0.526. The molecule has 0 amide bonds. The Balaban J connectivity index is 1.06. The van der Waals surface area contributed by atoms with Crippen molar-refractivity contribution >= 4 is 21.8 Å². The number of hydrogen-bond acceptors (Lipinski definition) is 2. The molecule has 0 unspecified atom stereocenters. The summed E-state index contributed by atoms with van der Waals surface area (Å²) in [6.45, 7) is 20.8. The van der Waals surface area contributed by atoms with Crippen molar-refractivity contribution in [1.82, 2.24) is 14.1 Å². The van der Waals surface area contributed by atoms with Crippen LogP contribution in [0.1, 0.15) is 102 Å². The first-order valence-corrected chi connectivity index (χ1v) is 27.9. The van der Waals surface area contributed by atoms with Crippen LogP contribution in [0.2, 0.25) is 0 Å². The molecule has 0 saturated carbocycles. The molecule has 9 aromatic carbocycles. The van der Waals surface area contributed by atoms with Gasteiger partial charge < -0.3 is 4.74 Å². The topological polar surface area (TPSA) is 35.9 Å². The highest BCUT2D eigenvalue weighted by atomic mass is 16.5. The fourth-order valence-electron chi connectivity index (χ4n) is 11.8. The summed E-state index contributed by atoms with van der Waals surface area (Å²) in [5, 5.41) is 2.28. The van der Waals surface area contributed by atoms with Crippen LogP contribution in [0.5, 0.6) is 11.5 Å². The van der Waals surface area contributed by atoms with Crippen LogP contribution >= 0.6 is 0 Å². The molecule has 80 heavy (non-hydrogen) atoms. The number of fused-ring (bicyclic) bond motifs is 3. The second kappa shape index (κ2) is 20.3. The summed E-state index contributed by atoms with van der Waals surface area (Å²) in [6.07, 6.45) is 6.02. The number of pyridine rings is 1. The minimum absolute atomic E-state index is 0.0602. The lowest BCUT2D eigenvalue weighted by Crippen LogP contribution is -2.43. The highest BCUT2D eigenvalue weighted by Gasteiger charge is 2.40. The van der Waals surface area contributed by atoms with Gasteiger partial charge in [0.1, 0.15) is 17.3 Å². The number of hydrogen-bond donors (Lipinski definition) is 0. The summed E-state index contributed by atoms with van der Waals surface area (Å²) in [4.78, 5) is 5.02. The van der Waals surface area contributed by atoms with Crippen molar-refractivity contribution in [1.29, 1.82) is 0 Å². The fourth-order valence-corrected chi connectivity index (χ4v) is 11.8. The Labute approximate surface area is 472 Å². The van der Waals surface area contributed by atoms with Gasteiger partial charge in [0.2, 0.25) is 0 Å². The van der Waals surface area contributed by atoms with Gasteiger partial charge in [0.05, 0.1) is 33.8 Å². The molecule has 0 aliphatic carbocycles. The van der Waals surface area contributed by atoms with Crippen molar-refractivity contribution in [3.63, 3.8) is 0 Å². The van der Waals surface area contributed by atoms with Crippen LogP contribution in [0.4, 0.5) is 0 Å². The van der Waals surface area contributed by atoms with Crippen LogP contribution in [0, 0.1) is 6.33 Å². The predicted octanol–water partition coefficient (Wildman–Crippen LogP) is 18.4. The monoisotopic (exact) mass is 1040 g/mol. The molecule has 3 heterocycles. The van der Waals surface area contributed by atoms with E-state index in [4.69, 9.17) is 9.72 Å². The Morgan fingerprint density at radius 1 is 0.400 bits per heavy atom. The Bertz CT molecular complexity index is 4180. The normalized spacial score (nSPS) is 12.3. The van der Waals surface area contributed by atoms with Crippen molar-refractivity contribution in [2.24, 2.45) is 0 Å². The van der Waals surface area contributed by atoms with Gasteiger partial charge in [0.15, 0.2) is 0 Å². The molecule has 12 aromatic rings. The molecule has 5 heteroatoms. The van der Waals surface area contributed by atoms with Crippen LogP contribution < -0.4 is 9.30 Å². The second-order valence-electron chi connectivity index (χ2n) is 23.9. The van der Waals surface area contributed by atoms with E-state index in [1.165, 1.54) is 38.9 Å². The second-order valence-corrected chi connectivity index (χ2v) is 23.9. The molecule has 0 bridgehead atoms. The van der Waals surface area contributed by atoms with E-state index < -0.39 is 10.8 Å². The van der Waals surface area contributed by atoms with Crippen LogP contribution in [-0.4, -0.2) is 14.1 Å². The van der Waals surface area contributed by atoms with Gasteiger partial charge in [0.25, 0.3) is 6.33 Å². The maximum Gasteiger partial charge on any atom is 0.269 e. The summed E-state index contributed by atoms with van der Waals surface area (Å²) in [5.41, 5.74) is 15.6. The van der Waals surface area contributed by atoms with E-state index in [1.807, 2.05) is 6.20 Å². The SMILES string of the molecule is CC(C)(C)c1ccnc(-n2c3ccc(-c4ccccc4)cc3c3ccc(Oc4cccc(-n5[c-][n+](-c6cc(-c7ccccc7)cc(C(C)(C)c7ccccc7)c6)c(C(C)(C)c6ccccc6)c5C(C)(C)c5ccccc5)c4)cc32)c1. The summed E-state index contributed by atoms with van der Waals surface area (Å²) < 4.78 is 14.0. The molecule has 0 saturated heterocycles. The summed E-state index contributed by atoms with van der Waals surface area (Å²) >= 11 is 0. The summed E-state index contributed by atoms with van der Waals surface area (Å²) in [5.74, 6) is 2.30. The van der Waals surface area contributed by atoms with Crippen LogP contribution in [0.25, 0.3) is 61.3 Å². The first-order valence-electron chi connectivity index (χ1n) is 27.9. The molecule has 0 fully saturated rings. The number of aromatic nitrogens is 4. The molecule has 0 aliphatic rings. The van der Waals surface area contributed by atoms with E-state index in [2.05, 4.69) is 325 Å². The minimum Gasteiger partial charge on any atom is -0.458 e. The van der Waals surface area contributed by atoms with Crippen molar-refractivity contribution in [2.75, 3.05) is 0 Å². The third-order valence-electron chi connectivity index (χ3n) is 16.5. The Morgan fingerprint density at radius 2 is 0.975 bits per heavy atom. The molecule has 0 atom stereocenters. The first-order chi connectivity index (χ1) is 38.6. The highest BCUT2D eigenvalue weighted by Crippen LogP contribution is 2.44. The van der Waals surface area contributed by atoms with Crippen LogP contribution in [0.15, 0.2) is 249 Å². The highest BCUT2D eigenvalue weighted by molar-refractivity contribution is 6.10.